The lowest BCUT2D eigenvalue weighted by molar-refractivity contribution is 0.103. The average Bonchev–Trinajstić information content (AvgIpc) is 2.35. The standard InChI is InChI=1S/C12H6Cl3NO/c13-9-5-8(6-10(14)11(9)15)12(17)7-1-3-16-4-2-7/h1-6H. The number of nitrogens with zero attached hydrogens (tertiary/aromatic N) is 1. The Labute approximate surface area is 113 Å². The first-order valence-corrected chi connectivity index (χ1v) is 5.82. The van der Waals surface area contributed by atoms with Gasteiger partial charge in [0.2, 0.25) is 0 Å². The zero-order valence-corrected chi connectivity index (χ0v) is 10.7. The zero-order valence-electron chi connectivity index (χ0n) is 8.45. The second-order valence-electron chi connectivity index (χ2n) is 3.32. The summed E-state index contributed by atoms with van der Waals surface area (Å²) in [6.45, 7) is 0. The van der Waals surface area contributed by atoms with Crippen LogP contribution in [0.5, 0.6) is 0 Å². The summed E-state index contributed by atoms with van der Waals surface area (Å²) in [5.74, 6) is -0.173. The van der Waals surface area contributed by atoms with E-state index in [1.807, 2.05) is 0 Å². The topological polar surface area (TPSA) is 30.0 Å². The summed E-state index contributed by atoms with van der Waals surface area (Å²) in [7, 11) is 0. The van der Waals surface area contributed by atoms with Gasteiger partial charge in [-0.05, 0) is 24.3 Å². The number of benzene rings is 1. The van der Waals surface area contributed by atoms with Crippen molar-refractivity contribution in [3.05, 3.63) is 62.9 Å². The number of rotatable bonds is 2. The predicted molar refractivity (Wildman–Crippen MR) is 69.1 cm³/mol. The first-order valence-electron chi connectivity index (χ1n) is 4.69. The van der Waals surface area contributed by atoms with Crippen LogP contribution in [0.25, 0.3) is 0 Å². The summed E-state index contributed by atoms with van der Waals surface area (Å²) in [4.78, 5) is 15.9. The quantitative estimate of drug-likeness (QED) is 0.609. The molecule has 2 nitrogen and oxygen atoms in total. The highest BCUT2D eigenvalue weighted by molar-refractivity contribution is 6.48. The van der Waals surface area contributed by atoms with E-state index in [-0.39, 0.29) is 20.9 Å². The SMILES string of the molecule is O=C(c1ccncc1)c1cc(Cl)c(Cl)c(Cl)c1. The second kappa shape index (κ2) is 5.05. The third-order valence-electron chi connectivity index (χ3n) is 2.19. The van der Waals surface area contributed by atoms with Crippen molar-refractivity contribution in [3.63, 3.8) is 0 Å². The molecule has 0 unspecified atom stereocenters. The zero-order chi connectivity index (χ0) is 12.4. The Kier molecular flexibility index (Phi) is 3.67. The van der Waals surface area contributed by atoms with Gasteiger partial charge in [-0.2, -0.15) is 0 Å². The van der Waals surface area contributed by atoms with Crippen LogP contribution in [0.2, 0.25) is 15.1 Å². The molecule has 0 bridgehead atoms. The molecule has 2 aromatic rings. The summed E-state index contributed by atoms with van der Waals surface area (Å²) in [6, 6.07) is 6.24. The van der Waals surface area contributed by atoms with E-state index >= 15 is 0 Å². The van der Waals surface area contributed by atoms with E-state index < -0.39 is 0 Å². The fraction of sp³-hybridized carbons (Fsp3) is 0. The van der Waals surface area contributed by atoms with Gasteiger partial charge < -0.3 is 0 Å². The Balaban J connectivity index is 2.45. The van der Waals surface area contributed by atoms with Gasteiger partial charge in [-0.25, -0.2) is 0 Å². The maximum Gasteiger partial charge on any atom is 0.193 e. The summed E-state index contributed by atoms with van der Waals surface area (Å²) in [5.41, 5.74) is 0.921. The maximum absolute atomic E-state index is 12.1. The molecule has 0 aliphatic heterocycles. The van der Waals surface area contributed by atoms with E-state index in [0.29, 0.717) is 11.1 Å². The van der Waals surface area contributed by atoms with Crippen molar-refractivity contribution < 1.29 is 4.79 Å². The molecule has 1 heterocycles. The summed E-state index contributed by atoms with van der Waals surface area (Å²) < 4.78 is 0. The maximum atomic E-state index is 12.1. The molecule has 17 heavy (non-hydrogen) atoms. The Morgan fingerprint density at radius 2 is 1.47 bits per heavy atom. The Hall–Kier alpha value is -1.09. The molecule has 0 saturated heterocycles. The lowest BCUT2D eigenvalue weighted by atomic mass is 10.0. The number of hydrogen-bond donors (Lipinski definition) is 0. The largest absolute Gasteiger partial charge is 0.289 e. The second-order valence-corrected chi connectivity index (χ2v) is 4.51. The molecular weight excluding hydrogens is 280 g/mol. The third-order valence-corrected chi connectivity index (χ3v) is 3.39. The van der Waals surface area contributed by atoms with Crippen molar-refractivity contribution in [2.75, 3.05) is 0 Å². The molecule has 0 atom stereocenters. The fourth-order valence-electron chi connectivity index (χ4n) is 1.36. The van der Waals surface area contributed by atoms with Crippen molar-refractivity contribution in [1.29, 1.82) is 0 Å². The van der Waals surface area contributed by atoms with E-state index in [0.717, 1.165) is 0 Å². The van der Waals surface area contributed by atoms with Crippen molar-refractivity contribution in [2.45, 2.75) is 0 Å². The van der Waals surface area contributed by atoms with Crippen LogP contribution in [0.15, 0.2) is 36.7 Å². The molecule has 0 aliphatic carbocycles. The van der Waals surface area contributed by atoms with Crippen molar-refractivity contribution in [2.24, 2.45) is 0 Å². The molecule has 86 valence electrons. The van der Waals surface area contributed by atoms with Gasteiger partial charge in [-0.15, -0.1) is 0 Å². The number of aromatic nitrogens is 1. The Morgan fingerprint density at radius 3 is 2.00 bits per heavy atom. The predicted octanol–water partition coefficient (Wildman–Crippen LogP) is 4.27. The Bertz CT molecular complexity index is 546. The highest BCUT2D eigenvalue weighted by Crippen LogP contribution is 2.31. The number of ketones is 1. The van der Waals surface area contributed by atoms with Crippen LogP contribution >= 0.6 is 34.8 Å². The van der Waals surface area contributed by atoms with Crippen LogP contribution in [0.4, 0.5) is 0 Å². The van der Waals surface area contributed by atoms with Crippen LogP contribution in [0.3, 0.4) is 0 Å². The normalized spacial score (nSPS) is 10.3. The van der Waals surface area contributed by atoms with Crippen LogP contribution < -0.4 is 0 Å². The molecule has 2 rings (SSSR count). The fourth-order valence-corrected chi connectivity index (χ4v) is 1.95. The van der Waals surface area contributed by atoms with Gasteiger partial charge in [-0.3, -0.25) is 9.78 Å². The van der Waals surface area contributed by atoms with Gasteiger partial charge in [0.25, 0.3) is 0 Å². The summed E-state index contributed by atoms with van der Waals surface area (Å²) in [6.07, 6.45) is 3.10. The van der Waals surface area contributed by atoms with Gasteiger partial charge in [0.15, 0.2) is 5.78 Å². The van der Waals surface area contributed by atoms with Crippen LogP contribution in [-0.2, 0) is 0 Å². The first kappa shape index (κ1) is 12.4. The first-order chi connectivity index (χ1) is 8.09. The third kappa shape index (κ3) is 2.60. The monoisotopic (exact) mass is 285 g/mol. The molecular formula is C12H6Cl3NO. The van der Waals surface area contributed by atoms with Crippen LogP contribution in [0, 0.1) is 0 Å². The van der Waals surface area contributed by atoms with E-state index in [9.17, 15) is 4.79 Å². The lowest BCUT2D eigenvalue weighted by Crippen LogP contribution is -2.01. The minimum absolute atomic E-state index is 0.173. The number of carbonyl (C=O) groups excluding carboxylic acids is 1. The molecule has 0 aliphatic rings. The molecule has 1 aromatic heterocycles. The van der Waals surface area contributed by atoms with E-state index in [1.54, 1.807) is 24.5 Å². The molecule has 0 spiro atoms. The Morgan fingerprint density at radius 1 is 0.941 bits per heavy atom. The van der Waals surface area contributed by atoms with E-state index in [4.69, 9.17) is 34.8 Å². The lowest BCUT2D eigenvalue weighted by Gasteiger charge is -2.04. The minimum atomic E-state index is -0.173. The summed E-state index contributed by atoms with van der Waals surface area (Å²) in [5, 5.41) is 0.771. The molecule has 1 aromatic carbocycles. The number of carbonyl (C=O) groups is 1. The van der Waals surface area contributed by atoms with Crippen molar-refractivity contribution in [1.82, 2.24) is 4.98 Å². The highest BCUT2D eigenvalue weighted by Gasteiger charge is 2.13. The van der Waals surface area contributed by atoms with Gasteiger partial charge in [0.1, 0.15) is 0 Å². The van der Waals surface area contributed by atoms with Gasteiger partial charge in [0.05, 0.1) is 15.1 Å². The number of hydrogen-bond acceptors (Lipinski definition) is 2. The molecule has 0 amide bonds. The molecule has 0 fully saturated rings. The highest BCUT2D eigenvalue weighted by atomic mass is 35.5. The van der Waals surface area contributed by atoms with Gasteiger partial charge in [0, 0.05) is 23.5 Å². The van der Waals surface area contributed by atoms with E-state index in [2.05, 4.69) is 4.98 Å². The minimum Gasteiger partial charge on any atom is -0.289 e. The van der Waals surface area contributed by atoms with Crippen LogP contribution in [-0.4, -0.2) is 10.8 Å². The van der Waals surface area contributed by atoms with Gasteiger partial charge in [-0.1, -0.05) is 34.8 Å². The number of halogens is 3. The summed E-state index contributed by atoms with van der Waals surface area (Å²) >= 11 is 17.6. The number of pyridine rings is 1. The van der Waals surface area contributed by atoms with Gasteiger partial charge >= 0.3 is 0 Å². The molecule has 0 radical (unpaired) electrons. The van der Waals surface area contributed by atoms with Crippen molar-refractivity contribution in [3.8, 4) is 0 Å². The molecule has 5 heteroatoms. The van der Waals surface area contributed by atoms with Crippen LogP contribution in [0.1, 0.15) is 15.9 Å². The smallest absolute Gasteiger partial charge is 0.193 e. The van der Waals surface area contributed by atoms with Crippen molar-refractivity contribution >= 4 is 40.6 Å². The molecule has 0 N–H and O–H groups in total. The average molecular weight is 287 g/mol. The van der Waals surface area contributed by atoms with E-state index in [1.165, 1.54) is 12.1 Å². The molecule has 0 saturated carbocycles.